The molecule has 0 bridgehead atoms. The lowest BCUT2D eigenvalue weighted by atomic mass is 10.0. The van der Waals surface area contributed by atoms with Gasteiger partial charge in [0.05, 0.1) is 11.4 Å². The van der Waals surface area contributed by atoms with Crippen molar-refractivity contribution in [1.82, 2.24) is 0 Å². The Morgan fingerprint density at radius 2 is 1.76 bits per heavy atom. The van der Waals surface area contributed by atoms with Crippen LogP contribution in [0.2, 0.25) is 0 Å². The number of rotatable bonds is 2. The van der Waals surface area contributed by atoms with Crippen molar-refractivity contribution in [2.75, 3.05) is 37.0 Å². The topological polar surface area (TPSA) is 32.5 Å². The monoisotopic (exact) mass is 231 g/mol. The van der Waals surface area contributed by atoms with E-state index in [1.807, 2.05) is 0 Å². The minimum absolute atomic E-state index is 0.105. The third-order valence-corrected chi connectivity index (χ3v) is 4.08. The summed E-state index contributed by atoms with van der Waals surface area (Å²) in [7, 11) is 4.34. The molecule has 1 aliphatic heterocycles. The smallest absolute Gasteiger partial charge is 0.0604 e. The Morgan fingerprint density at radius 1 is 1.12 bits per heavy atom. The Kier molecular flexibility index (Phi) is 2.33. The molecule has 1 heterocycles. The minimum Gasteiger partial charge on any atom is -0.371 e. The molecule has 0 atom stereocenters. The van der Waals surface area contributed by atoms with Gasteiger partial charge >= 0.3 is 0 Å². The van der Waals surface area contributed by atoms with E-state index in [0.29, 0.717) is 0 Å². The zero-order chi connectivity index (χ0) is 12.0. The van der Waals surface area contributed by atoms with Gasteiger partial charge in [-0.15, -0.1) is 0 Å². The molecule has 0 amide bonds. The molecule has 0 unspecified atom stereocenters. The molecule has 0 saturated heterocycles. The second-order valence-corrected chi connectivity index (χ2v) is 5.71. The van der Waals surface area contributed by atoms with Crippen LogP contribution >= 0.6 is 0 Å². The first-order valence-corrected chi connectivity index (χ1v) is 6.42. The summed E-state index contributed by atoms with van der Waals surface area (Å²) in [5, 5.41) is 0. The highest BCUT2D eigenvalue weighted by Gasteiger charge is 2.38. The summed E-state index contributed by atoms with van der Waals surface area (Å²) < 4.78 is 0. The molecule has 0 radical (unpaired) electrons. The first kappa shape index (κ1) is 10.9. The van der Waals surface area contributed by atoms with E-state index in [-0.39, 0.29) is 5.54 Å². The van der Waals surface area contributed by atoms with Gasteiger partial charge in [-0.05, 0) is 37.0 Å². The standard InChI is InChI=1S/C14H21N3/c1-16-7-8-17(2)13-9-11(3-4-12(13)16)10-14(15)5-6-14/h3-4,9H,5-8,10,15H2,1-2H3. The lowest BCUT2D eigenvalue weighted by Gasteiger charge is -2.35. The number of nitrogens with two attached hydrogens (primary N) is 1. The molecule has 1 aromatic rings. The van der Waals surface area contributed by atoms with Crippen LogP contribution in [0.15, 0.2) is 18.2 Å². The van der Waals surface area contributed by atoms with E-state index in [1.54, 1.807) is 0 Å². The molecule has 3 heteroatoms. The largest absolute Gasteiger partial charge is 0.371 e. The molecular formula is C14H21N3. The third kappa shape index (κ3) is 2.00. The van der Waals surface area contributed by atoms with Crippen molar-refractivity contribution in [1.29, 1.82) is 0 Å². The summed E-state index contributed by atoms with van der Waals surface area (Å²) in [6.07, 6.45) is 3.39. The molecule has 2 aliphatic rings. The van der Waals surface area contributed by atoms with Crippen LogP contribution in [-0.4, -0.2) is 32.7 Å². The van der Waals surface area contributed by atoms with Crippen molar-refractivity contribution in [3.05, 3.63) is 23.8 Å². The Balaban J connectivity index is 1.91. The SMILES string of the molecule is CN1CCN(C)c2cc(CC3(N)CC3)ccc21. The van der Waals surface area contributed by atoms with Gasteiger partial charge in [-0.3, -0.25) is 0 Å². The van der Waals surface area contributed by atoms with Gasteiger partial charge in [-0.2, -0.15) is 0 Å². The van der Waals surface area contributed by atoms with E-state index >= 15 is 0 Å². The predicted molar refractivity (Wildman–Crippen MR) is 72.8 cm³/mol. The van der Waals surface area contributed by atoms with Gasteiger partial charge in [0.15, 0.2) is 0 Å². The lowest BCUT2D eigenvalue weighted by molar-refractivity contribution is 0.671. The van der Waals surface area contributed by atoms with Crippen LogP contribution in [0.1, 0.15) is 18.4 Å². The van der Waals surface area contributed by atoms with E-state index in [0.717, 1.165) is 19.5 Å². The molecule has 3 nitrogen and oxygen atoms in total. The maximum atomic E-state index is 6.19. The molecule has 1 fully saturated rings. The summed E-state index contributed by atoms with van der Waals surface area (Å²) >= 11 is 0. The normalized spacial score (nSPS) is 21.4. The van der Waals surface area contributed by atoms with Gasteiger partial charge in [0, 0.05) is 32.7 Å². The fraction of sp³-hybridized carbons (Fsp3) is 0.571. The van der Waals surface area contributed by atoms with Crippen molar-refractivity contribution in [2.24, 2.45) is 5.73 Å². The van der Waals surface area contributed by atoms with Crippen molar-refractivity contribution in [3.63, 3.8) is 0 Å². The number of hydrogen-bond donors (Lipinski definition) is 1. The van der Waals surface area contributed by atoms with Gasteiger partial charge in [0.2, 0.25) is 0 Å². The van der Waals surface area contributed by atoms with Gasteiger partial charge in [0.1, 0.15) is 0 Å². The Morgan fingerprint density at radius 3 is 2.41 bits per heavy atom. The molecule has 17 heavy (non-hydrogen) atoms. The van der Waals surface area contributed by atoms with E-state index in [4.69, 9.17) is 5.73 Å². The van der Waals surface area contributed by atoms with Crippen LogP contribution < -0.4 is 15.5 Å². The zero-order valence-corrected chi connectivity index (χ0v) is 10.7. The number of anilines is 2. The zero-order valence-electron chi connectivity index (χ0n) is 10.7. The summed E-state index contributed by atoms with van der Waals surface area (Å²) in [6.45, 7) is 2.20. The lowest BCUT2D eigenvalue weighted by Crippen LogP contribution is -2.37. The molecule has 0 aromatic heterocycles. The van der Waals surface area contributed by atoms with Gasteiger partial charge in [-0.1, -0.05) is 6.07 Å². The number of benzene rings is 1. The first-order valence-electron chi connectivity index (χ1n) is 6.42. The first-order chi connectivity index (χ1) is 8.07. The van der Waals surface area contributed by atoms with Crippen LogP contribution in [0.5, 0.6) is 0 Å². The number of nitrogens with zero attached hydrogens (tertiary/aromatic N) is 2. The fourth-order valence-electron chi connectivity index (χ4n) is 2.59. The molecule has 3 rings (SSSR count). The molecule has 1 aliphatic carbocycles. The van der Waals surface area contributed by atoms with Crippen molar-refractivity contribution < 1.29 is 0 Å². The highest BCUT2D eigenvalue weighted by molar-refractivity contribution is 5.73. The van der Waals surface area contributed by atoms with Crippen molar-refractivity contribution >= 4 is 11.4 Å². The summed E-state index contributed by atoms with van der Waals surface area (Å²) in [4.78, 5) is 4.67. The average molecular weight is 231 g/mol. The van der Waals surface area contributed by atoms with Gasteiger partial charge in [0.25, 0.3) is 0 Å². The second kappa shape index (κ2) is 3.64. The van der Waals surface area contributed by atoms with E-state index < -0.39 is 0 Å². The number of fused-ring (bicyclic) bond motifs is 1. The predicted octanol–water partition coefficient (Wildman–Crippen LogP) is 1.61. The molecule has 1 saturated carbocycles. The van der Waals surface area contributed by atoms with Gasteiger partial charge < -0.3 is 15.5 Å². The number of likely N-dealkylation sites (N-methyl/N-ethyl adjacent to an activating group) is 2. The Labute approximate surface area is 103 Å². The highest BCUT2D eigenvalue weighted by atomic mass is 15.2. The van der Waals surface area contributed by atoms with Crippen LogP contribution in [0.25, 0.3) is 0 Å². The average Bonchev–Trinajstić information content (AvgIpc) is 3.02. The van der Waals surface area contributed by atoms with E-state index in [2.05, 4.69) is 42.1 Å². The summed E-state index contributed by atoms with van der Waals surface area (Å²) in [5.74, 6) is 0. The van der Waals surface area contributed by atoms with Crippen LogP contribution in [0, 0.1) is 0 Å². The van der Waals surface area contributed by atoms with Crippen molar-refractivity contribution in [3.8, 4) is 0 Å². The minimum atomic E-state index is 0.105. The Hall–Kier alpha value is -1.22. The third-order valence-electron chi connectivity index (χ3n) is 4.08. The Bertz CT molecular complexity index is 437. The molecule has 2 N–H and O–H groups in total. The summed E-state index contributed by atoms with van der Waals surface area (Å²) in [5.41, 5.74) is 10.4. The molecular weight excluding hydrogens is 210 g/mol. The maximum Gasteiger partial charge on any atom is 0.0604 e. The second-order valence-electron chi connectivity index (χ2n) is 5.71. The van der Waals surface area contributed by atoms with Gasteiger partial charge in [-0.25, -0.2) is 0 Å². The van der Waals surface area contributed by atoms with Crippen LogP contribution in [0.3, 0.4) is 0 Å². The molecule has 92 valence electrons. The van der Waals surface area contributed by atoms with E-state index in [9.17, 15) is 0 Å². The van der Waals surface area contributed by atoms with Crippen LogP contribution in [-0.2, 0) is 6.42 Å². The van der Waals surface area contributed by atoms with Crippen LogP contribution in [0.4, 0.5) is 11.4 Å². The van der Waals surface area contributed by atoms with Crippen molar-refractivity contribution in [2.45, 2.75) is 24.8 Å². The highest BCUT2D eigenvalue weighted by Crippen LogP contribution is 2.38. The molecule has 0 spiro atoms. The molecule has 1 aromatic carbocycles. The quantitative estimate of drug-likeness (QED) is 0.839. The van der Waals surface area contributed by atoms with E-state index in [1.165, 1.54) is 29.8 Å². The summed E-state index contributed by atoms with van der Waals surface area (Å²) in [6, 6.07) is 6.80. The number of hydrogen-bond acceptors (Lipinski definition) is 3. The maximum absolute atomic E-state index is 6.19. The fourth-order valence-corrected chi connectivity index (χ4v) is 2.59.